The maximum absolute atomic E-state index is 13.0. The van der Waals surface area contributed by atoms with Gasteiger partial charge in [0.15, 0.2) is 0 Å². The molecule has 7 nitrogen and oxygen atoms in total. The summed E-state index contributed by atoms with van der Waals surface area (Å²) in [4.78, 5) is 43.2. The van der Waals surface area contributed by atoms with Gasteiger partial charge in [-0.2, -0.15) is 0 Å². The Morgan fingerprint density at radius 3 is 2.50 bits per heavy atom. The molecule has 1 saturated carbocycles. The predicted molar refractivity (Wildman–Crippen MR) is 126 cm³/mol. The summed E-state index contributed by atoms with van der Waals surface area (Å²) < 4.78 is 0. The zero-order valence-electron chi connectivity index (χ0n) is 17.5. The van der Waals surface area contributed by atoms with Gasteiger partial charge >= 0.3 is 0 Å². The van der Waals surface area contributed by atoms with Crippen molar-refractivity contribution in [3.63, 3.8) is 0 Å². The minimum Gasteiger partial charge on any atom is -0.370 e. The number of amides is 3. The molecule has 0 bridgehead atoms. The molecule has 2 aromatic carbocycles. The summed E-state index contributed by atoms with van der Waals surface area (Å²) in [5.41, 5.74) is 7.26. The molecule has 4 rings (SSSR count). The highest BCUT2D eigenvalue weighted by atomic mass is 32.2. The molecule has 164 valence electrons. The minimum atomic E-state index is -0.464. The Bertz CT molecular complexity index is 1150. The molecule has 3 amide bonds. The van der Waals surface area contributed by atoms with Crippen molar-refractivity contribution in [2.24, 2.45) is 5.73 Å². The molecule has 0 atom stereocenters. The van der Waals surface area contributed by atoms with E-state index in [1.54, 1.807) is 11.0 Å². The van der Waals surface area contributed by atoms with Crippen LogP contribution in [0.2, 0.25) is 0 Å². The summed E-state index contributed by atoms with van der Waals surface area (Å²) in [7, 11) is 0. The molecular formula is C24H24N4O3S. The number of nitrogens with one attached hydrogen (secondary N) is 1. The van der Waals surface area contributed by atoms with Crippen molar-refractivity contribution < 1.29 is 14.4 Å². The average Bonchev–Trinajstić information content (AvgIpc) is 3.61. The summed E-state index contributed by atoms with van der Waals surface area (Å²) in [5.74, 6) is -0.634. The summed E-state index contributed by atoms with van der Waals surface area (Å²) >= 11 is 1.27. The number of benzene rings is 2. The van der Waals surface area contributed by atoms with E-state index in [0.29, 0.717) is 21.8 Å². The highest BCUT2D eigenvalue weighted by molar-refractivity contribution is 7.99. The summed E-state index contributed by atoms with van der Waals surface area (Å²) in [5, 5.41) is 4.41. The van der Waals surface area contributed by atoms with E-state index in [1.807, 2.05) is 54.6 Å². The Hall–Kier alpha value is -3.39. The van der Waals surface area contributed by atoms with Gasteiger partial charge in [-0.05, 0) is 37.1 Å². The van der Waals surface area contributed by atoms with Crippen molar-refractivity contribution in [2.75, 3.05) is 17.2 Å². The maximum Gasteiger partial charge on any atom is 0.252 e. The number of nitrogens with zero attached hydrogens (tertiary/aromatic N) is 2. The fourth-order valence-electron chi connectivity index (χ4n) is 3.35. The maximum atomic E-state index is 13.0. The van der Waals surface area contributed by atoms with Gasteiger partial charge in [-0.3, -0.25) is 14.4 Å². The first kappa shape index (κ1) is 21.8. The van der Waals surface area contributed by atoms with Crippen LogP contribution in [0.25, 0.3) is 10.9 Å². The second kappa shape index (κ2) is 9.82. The largest absolute Gasteiger partial charge is 0.370 e. The molecule has 8 heteroatoms. The fraction of sp³-hybridized carbons (Fsp3) is 0.250. The van der Waals surface area contributed by atoms with E-state index < -0.39 is 5.91 Å². The average molecular weight is 449 g/mol. The van der Waals surface area contributed by atoms with Gasteiger partial charge in [-0.15, -0.1) is 0 Å². The molecule has 0 aliphatic heterocycles. The van der Waals surface area contributed by atoms with E-state index in [0.717, 1.165) is 18.2 Å². The topological polar surface area (TPSA) is 105 Å². The van der Waals surface area contributed by atoms with E-state index in [-0.39, 0.29) is 36.6 Å². The zero-order valence-corrected chi connectivity index (χ0v) is 18.3. The van der Waals surface area contributed by atoms with Crippen LogP contribution < -0.4 is 16.0 Å². The number of thioether (sulfide) groups is 1. The molecule has 3 aromatic rings. The lowest BCUT2D eigenvalue weighted by molar-refractivity contribution is -0.118. The number of anilines is 1. The Kier molecular flexibility index (Phi) is 6.70. The summed E-state index contributed by atoms with van der Waals surface area (Å²) in [6, 6.07) is 18.7. The number of hydrogen-bond acceptors (Lipinski definition) is 5. The first-order valence-corrected chi connectivity index (χ1v) is 11.5. The predicted octanol–water partition coefficient (Wildman–Crippen LogP) is 3.13. The third-order valence-corrected chi connectivity index (χ3v) is 6.04. The molecule has 3 N–H and O–H groups in total. The molecule has 0 spiro atoms. The molecular weight excluding hydrogens is 424 g/mol. The summed E-state index contributed by atoms with van der Waals surface area (Å²) in [6.45, 7) is 0.207. The van der Waals surface area contributed by atoms with Crippen molar-refractivity contribution in [1.29, 1.82) is 0 Å². The van der Waals surface area contributed by atoms with Crippen LogP contribution in [0.3, 0.4) is 0 Å². The number of fused-ring (bicyclic) bond motifs is 1. The Balaban J connectivity index is 1.53. The first-order valence-electron chi connectivity index (χ1n) is 10.5. The van der Waals surface area contributed by atoms with Crippen LogP contribution in [0.1, 0.15) is 29.6 Å². The normalized spacial score (nSPS) is 13.0. The van der Waals surface area contributed by atoms with Crippen LogP contribution in [0, 0.1) is 0 Å². The number of carbonyl (C=O) groups excluding carboxylic acids is 3. The number of para-hydroxylation sites is 2. The van der Waals surface area contributed by atoms with Gasteiger partial charge in [-0.25, -0.2) is 4.98 Å². The lowest BCUT2D eigenvalue weighted by Crippen LogP contribution is -2.35. The number of hydrogen-bond donors (Lipinski definition) is 2. The Morgan fingerprint density at radius 2 is 1.78 bits per heavy atom. The van der Waals surface area contributed by atoms with E-state index in [4.69, 9.17) is 5.73 Å². The smallest absolute Gasteiger partial charge is 0.252 e. The lowest BCUT2D eigenvalue weighted by Gasteiger charge is -2.22. The van der Waals surface area contributed by atoms with E-state index >= 15 is 0 Å². The van der Waals surface area contributed by atoms with Crippen molar-refractivity contribution in [1.82, 2.24) is 10.3 Å². The Morgan fingerprint density at radius 1 is 1.06 bits per heavy atom. The second-order valence-corrected chi connectivity index (χ2v) is 8.65. The van der Waals surface area contributed by atoms with Crippen molar-refractivity contribution in [3.05, 3.63) is 66.2 Å². The molecule has 1 heterocycles. The highest BCUT2D eigenvalue weighted by Crippen LogP contribution is 2.27. The third kappa shape index (κ3) is 5.45. The summed E-state index contributed by atoms with van der Waals surface area (Å²) in [6.07, 6.45) is 2.09. The quantitative estimate of drug-likeness (QED) is 0.489. The second-order valence-electron chi connectivity index (χ2n) is 7.66. The van der Waals surface area contributed by atoms with Crippen LogP contribution >= 0.6 is 11.8 Å². The number of pyridine rings is 1. The lowest BCUT2D eigenvalue weighted by atomic mass is 10.1. The van der Waals surface area contributed by atoms with Gasteiger partial charge in [0.2, 0.25) is 11.8 Å². The molecule has 0 unspecified atom stereocenters. The third-order valence-electron chi connectivity index (χ3n) is 5.14. The first-order chi connectivity index (χ1) is 15.5. The van der Waals surface area contributed by atoms with E-state index in [2.05, 4.69) is 10.3 Å². The monoisotopic (exact) mass is 448 g/mol. The molecule has 1 aliphatic rings. The fourth-order valence-corrected chi connectivity index (χ4v) is 4.14. The number of rotatable bonds is 9. The van der Waals surface area contributed by atoms with Gasteiger partial charge in [0.25, 0.3) is 5.91 Å². The highest BCUT2D eigenvalue weighted by Gasteiger charge is 2.25. The van der Waals surface area contributed by atoms with Crippen molar-refractivity contribution in [2.45, 2.75) is 30.3 Å². The van der Waals surface area contributed by atoms with Gasteiger partial charge in [-0.1, -0.05) is 48.2 Å². The van der Waals surface area contributed by atoms with Crippen LogP contribution in [-0.2, 0) is 9.59 Å². The molecule has 1 fully saturated rings. The number of carbonyl (C=O) groups is 3. The zero-order chi connectivity index (χ0) is 22.5. The standard InChI is InChI=1S/C24H24N4O3S/c25-21(29)12-13-28(17-6-2-1-3-7-17)23(30)15-32-22-14-19(24(31)26-16-10-11-16)18-8-4-5-9-20(18)27-22/h1-9,14,16H,10-13,15H2,(H2,25,29)(H,26,31). The van der Waals surface area contributed by atoms with Crippen LogP contribution in [0.4, 0.5) is 5.69 Å². The van der Waals surface area contributed by atoms with Crippen LogP contribution in [-0.4, -0.2) is 41.0 Å². The van der Waals surface area contributed by atoms with Gasteiger partial charge in [0.1, 0.15) is 0 Å². The van der Waals surface area contributed by atoms with Crippen molar-refractivity contribution >= 4 is 46.1 Å². The molecule has 0 saturated heterocycles. The molecule has 1 aromatic heterocycles. The van der Waals surface area contributed by atoms with Gasteiger partial charge in [0, 0.05) is 30.1 Å². The molecule has 32 heavy (non-hydrogen) atoms. The van der Waals surface area contributed by atoms with Crippen LogP contribution in [0.15, 0.2) is 65.7 Å². The minimum absolute atomic E-state index is 0.0744. The van der Waals surface area contributed by atoms with Crippen molar-refractivity contribution in [3.8, 4) is 0 Å². The van der Waals surface area contributed by atoms with E-state index in [1.165, 1.54) is 11.8 Å². The number of primary amides is 1. The number of aromatic nitrogens is 1. The SMILES string of the molecule is NC(=O)CCN(C(=O)CSc1cc(C(=O)NC2CC2)c2ccccc2n1)c1ccccc1. The van der Waals surface area contributed by atoms with E-state index in [9.17, 15) is 14.4 Å². The molecule has 0 radical (unpaired) electrons. The van der Waals surface area contributed by atoms with Gasteiger partial charge in [0.05, 0.1) is 21.9 Å². The van der Waals surface area contributed by atoms with Crippen LogP contribution in [0.5, 0.6) is 0 Å². The van der Waals surface area contributed by atoms with Gasteiger partial charge < -0.3 is 16.0 Å². The Labute approximate surface area is 190 Å². The molecule has 1 aliphatic carbocycles. The number of nitrogens with two attached hydrogens (primary N) is 1.